The Balaban J connectivity index is 2.12. The van der Waals surface area contributed by atoms with Gasteiger partial charge in [0.05, 0.1) is 12.9 Å². The summed E-state index contributed by atoms with van der Waals surface area (Å²) >= 11 is 3.08. The van der Waals surface area contributed by atoms with Gasteiger partial charge >= 0.3 is 5.97 Å². The molecule has 0 aliphatic carbocycles. The number of carbonyl (C=O) groups excluding carboxylic acids is 1. The van der Waals surface area contributed by atoms with Crippen LogP contribution in [0.15, 0.2) is 16.6 Å². The van der Waals surface area contributed by atoms with E-state index in [1.165, 1.54) is 23.7 Å². The average Bonchev–Trinajstić information content (AvgIpc) is 3.03. The van der Waals surface area contributed by atoms with Crippen molar-refractivity contribution < 1.29 is 9.53 Å². The van der Waals surface area contributed by atoms with Crippen LogP contribution in [0.1, 0.15) is 18.2 Å². The molecule has 0 unspecified atom stereocenters. The largest absolute Gasteiger partial charge is 0.468 e. The summed E-state index contributed by atoms with van der Waals surface area (Å²) in [7, 11) is 3.29. The molecule has 0 spiro atoms. The van der Waals surface area contributed by atoms with Crippen molar-refractivity contribution in [3.63, 3.8) is 0 Å². The standard InChI is InChI=1S/C13H17N3O2S2/c1-4-5-10-6-9(7-19-10)12-14-15-13(16(12)2)20-8-11(17)18-3/h6-7H,4-5,8H2,1-3H3. The molecule has 7 heteroatoms. The summed E-state index contributed by atoms with van der Waals surface area (Å²) in [5.74, 6) is 0.809. The van der Waals surface area contributed by atoms with Crippen LogP contribution in [-0.2, 0) is 23.0 Å². The number of methoxy groups -OCH3 is 1. The molecule has 0 aliphatic heterocycles. The zero-order chi connectivity index (χ0) is 14.5. The van der Waals surface area contributed by atoms with Crippen molar-refractivity contribution in [1.82, 2.24) is 14.8 Å². The summed E-state index contributed by atoms with van der Waals surface area (Å²) in [6.45, 7) is 2.17. The Labute approximate surface area is 126 Å². The van der Waals surface area contributed by atoms with Gasteiger partial charge in [0.15, 0.2) is 11.0 Å². The lowest BCUT2D eigenvalue weighted by Gasteiger charge is -2.01. The monoisotopic (exact) mass is 311 g/mol. The van der Waals surface area contributed by atoms with Gasteiger partial charge in [-0.2, -0.15) is 0 Å². The molecule has 0 aromatic carbocycles. The number of rotatable bonds is 6. The van der Waals surface area contributed by atoms with Crippen LogP contribution in [0, 0.1) is 0 Å². The van der Waals surface area contributed by atoms with E-state index in [1.54, 1.807) is 11.3 Å². The highest BCUT2D eigenvalue weighted by atomic mass is 32.2. The van der Waals surface area contributed by atoms with Crippen LogP contribution in [0.2, 0.25) is 0 Å². The molecule has 0 saturated heterocycles. The van der Waals surface area contributed by atoms with Crippen LogP contribution in [0.25, 0.3) is 11.4 Å². The number of esters is 1. The maximum absolute atomic E-state index is 11.1. The number of hydrogen-bond donors (Lipinski definition) is 0. The van der Waals surface area contributed by atoms with Gasteiger partial charge in [-0.05, 0) is 12.5 Å². The lowest BCUT2D eigenvalue weighted by molar-refractivity contribution is -0.137. The summed E-state index contributed by atoms with van der Waals surface area (Å²) in [5, 5.41) is 11.2. The minimum Gasteiger partial charge on any atom is -0.468 e. The van der Waals surface area contributed by atoms with Gasteiger partial charge < -0.3 is 9.30 Å². The van der Waals surface area contributed by atoms with Gasteiger partial charge in [-0.3, -0.25) is 4.79 Å². The van der Waals surface area contributed by atoms with E-state index in [-0.39, 0.29) is 11.7 Å². The first-order valence-corrected chi connectivity index (χ1v) is 8.19. The number of ether oxygens (including phenoxy) is 1. The Morgan fingerprint density at radius 1 is 1.50 bits per heavy atom. The van der Waals surface area contributed by atoms with Gasteiger partial charge in [-0.25, -0.2) is 0 Å². The second kappa shape index (κ2) is 6.90. The number of nitrogens with zero attached hydrogens (tertiary/aromatic N) is 3. The first-order chi connectivity index (χ1) is 9.65. The molecular formula is C13H17N3O2S2. The fourth-order valence-electron chi connectivity index (χ4n) is 1.75. The zero-order valence-electron chi connectivity index (χ0n) is 11.8. The molecule has 0 atom stereocenters. The topological polar surface area (TPSA) is 57.0 Å². The predicted molar refractivity (Wildman–Crippen MR) is 81.1 cm³/mol. The quantitative estimate of drug-likeness (QED) is 0.606. The molecule has 2 rings (SSSR count). The van der Waals surface area contributed by atoms with Crippen molar-refractivity contribution in [1.29, 1.82) is 0 Å². The first kappa shape index (κ1) is 15.1. The summed E-state index contributed by atoms with van der Waals surface area (Å²) in [5.41, 5.74) is 1.08. The molecule has 20 heavy (non-hydrogen) atoms. The van der Waals surface area contributed by atoms with E-state index in [2.05, 4.69) is 33.3 Å². The number of thiophene rings is 1. The lowest BCUT2D eigenvalue weighted by atomic mass is 10.2. The van der Waals surface area contributed by atoms with E-state index in [0.717, 1.165) is 24.2 Å². The van der Waals surface area contributed by atoms with Crippen LogP contribution in [0.4, 0.5) is 0 Å². The van der Waals surface area contributed by atoms with Crippen LogP contribution >= 0.6 is 23.1 Å². The predicted octanol–water partition coefficient (Wildman–Crippen LogP) is 2.76. The molecule has 0 fully saturated rings. The van der Waals surface area contributed by atoms with E-state index < -0.39 is 0 Å². The zero-order valence-corrected chi connectivity index (χ0v) is 13.4. The molecule has 5 nitrogen and oxygen atoms in total. The van der Waals surface area contributed by atoms with Gasteiger partial charge in [-0.1, -0.05) is 25.1 Å². The summed E-state index contributed by atoms with van der Waals surface area (Å²) in [6, 6.07) is 2.16. The Kier molecular flexibility index (Phi) is 5.19. The molecule has 0 saturated carbocycles. The number of thioether (sulfide) groups is 1. The van der Waals surface area contributed by atoms with Crippen molar-refractivity contribution >= 4 is 29.1 Å². The fraction of sp³-hybridized carbons (Fsp3) is 0.462. The van der Waals surface area contributed by atoms with Gasteiger partial charge in [0.2, 0.25) is 0 Å². The average molecular weight is 311 g/mol. The molecule has 0 amide bonds. The van der Waals surface area contributed by atoms with Gasteiger partial charge in [0.1, 0.15) is 0 Å². The van der Waals surface area contributed by atoms with Crippen LogP contribution in [0.5, 0.6) is 0 Å². The van der Waals surface area contributed by atoms with Gasteiger partial charge in [0.25, 0.3) is 0 Å². The molecule has 2 aromatic rings. The molecule has 2 aromatic heterocycles. The number of carbonyl (C=O) groups is 1. The molecule has 108 valence electrons. The second-order valence-corrected chi connectivity index (χ2v) is 6.22. The Morgan fingerprint density at radius 2 is 2.30 bits per heavy atom. The maximum atomic E-state index is 11.1. The summed E-state index contributed by atoms with van der Waals surface area (Å²) in [6.07, 6.45) is 2.23. The van der Waals surface area contributed by atoms with Crippen molar-refractivity contribution in [3.05, 3.63) is 16.3 Å². The van der Waals surface area contributed by atoms with Crippen molar-refractivity contribution in [2.75, 3.05) is 12.9 Å². The maximum Gasteiger partial charge on any atom is 0.316 e. The molecule has 2 heterocycles. The fourth-order valence-corrected chi connectivity index (χ4v) is 3.46. The smallest absolute Gasteiger partial charge is 0.316 e. The van der Waals surface area contributed by atoms with E-state index >= 15 is 0 Å². The minimum atomic E-state index is -0.264. The van der Waals surface area contributed by atoms with Crippen molar-refractivity contribution in [2.24, 2.45) is 7.05 Å². The van der Waals surface area contributed by atoms with Crippen LogP contribution in [-0.4, -0.2) is 33.6 Å². The van der Waals surface area contributed by atoms with E-state index in [0.29, 0.717) is 5.16 Å². The van der Waals surface area contributed by atoms with Gasteiger partial charge in [-0.15, -0.1) is 21.5 Å². The van der Waals surface area contributed by atoms with E-state index in [4.69, 9.17) is 0 Å². The van der Waals surface area contributed by atoms with Gasteiger partial charge in [0, 0.05) is 22.9 Å². The summed E-state index contributed by atoms with van der Waals surface area (Å²) in [4.78, 5) is 12.5. The minimum absolute atomic E-state index is 0.243. The van der Waals surface area contributed by atoms with Crippen LogP contribution < -0.4 is 0 Å². The number of aryl methyl sites for hydroxylation is 1. The number of aromatic nitrogens is 3. The van der Waals surface area contributed by atoms with E-state index in [9.17, 15) is 4.79 Å². The lowest BCUT2D eigenvalue weighted by Crippen LogP contribution is -2.04. The molecule has 0 bridgehead atoms. The highest BCUT2D eigenvalue weighted by Crippen LogP contribution is 2.27. The third kappa shape index (κ3) is 3.40. The second-order valence-electron chi connectivity index (χ2n) is 4.28. The Hall–Kier alpha value is -1.34. The highest BCUT2D eigenvalue weighted by Gasteiger charge is 2.14. The Morgan fingerprint density at radius 3 is 3.00 bits per heavy atom. The third-order valence-corrected chi connectivity index (χ3v) is 4.78. The highest BCUT2D eigenvalue weighted by molar-refractivity contribution is 7.99. The first-order valence-electron chi connectivity index (χ1n) is 6.32. The normalized spacial score (nSPS) is 10.8. The molecule has 0 aliphatic rings. The van der Waals surface area contributed by atoms with Crippen molar-refractivity contribution in [2.45, 2.75) is 24.9 Å². The third-order valence-electron chi connectivity index (χ3n) is 2.79. The van der Waals surface area contributed by atoms with E-state index in [1.807, 2.05) is 11.6 Å². The Bertz CT molecular complexity index is 592. The van der Waals surface area contributed by atoms with Crippen molar-refractivity contribution in [3.8, 4) is 11.4 Å². The SMILES string of the molecule is CCCc1cc(-c2nnc(SCC(=O)OC)n2C)cs1. The summed E-state index contributed by atoms with van der Waals surface area (Å²) < 4.78 is 6.53. The molecule has 0 N–H and O–H groups in total. The molecular weight excluding hydrogens is 294 g/mol. The van der Waals surface area contributed by atoms with Crippen LogP contribution in [0.3, 0.4) is 0 Å². The number of hydrogen-bond acceptors (Lipinski definition) is 6. The molecule has 0 radical (unpaired) electrons.